The van der Waals surface area contributed by atoms with Crippen molar-refractivity contribution >= 4 is 24.1 Å². The summed E-state index contributed by atoms with van der Waals surface area (Å²) in [4.78, 5) is 10.5. The molecule has 0 amide bonds. The number of nitrogens with two attached hydrogens (primary N) is 1. The van der Waals surface area contributed by atoms with Crippen molar-refractivity contribution in [3.05, 3.63) is 23.8 Å². The van der Waals surface area contributed by atoms with Gasteiger partial charge in [0, 0.05) is 5.69 Å². The van der Waals surface area contributed by atoms with Gasteiger partial charge in [-0.05, 0) is 18.2 Å². The number of halogens is 1. The highest BCUT2D eigenvalue weighted by atomic mass is 35.5. The largest absolute Gasteiger partial charge is 0.507 e. The van der Waals surface area contributed by atoms with Crippen molar-refractivity contribution in [1.29, 1.82) is 0 Å². The fourth-order valence-corrected chi connectivity index (χ4v) is 0.797. The first-order chi connectivity index (χ1) is 5.65. The molecule has 72 valence electrons. The number of rotatable bonds is 2. The van der Waals surface area contributed by atoms with E-state index in [9.17, 15) is 4.79 Å². The normalized spacial score (nSPS) is 8.69. The number of nitrogens with one attached hydrogen (secondary N) is 1. The van der Waals surface area contributed by atoms with Crippen LogP contribution in [0.15, 0.2) is 18.2 Å². The Bertz CT molecular complexity index is 317. The predicted octanol–water partition coefficient (Wildman–Crippen LogP) is 0.798. The van der Waals surface area contributed by atoms with Crippen LogP contribution in [0.5, 0.6) is 5.75 Å². The Hall–Kier alpha value is -1.46. The van der Waals surface area contributed by atoms with E-state index in [0.29, 0.717) is 5.69 Å². The molecular weight excluding hydrogens is 196 g/mol. The van der Waals surface area contributed by atoms with E-state index in [1.54, 1.807) is 0 Å². The molecule has 0 aliphatic rings. The van der Waals surface area contributed by atoms with Gasteiger partial charge in [0.15, 0.2) is 0 Å². The highest BCUT2D eigenvalue weighted by Gasteiger charge is 2.08. The zero-order chi connectivity index (χ0) is 9.14. The maximum atomic E-state index is 10.5. The number of phenols is 1. The van der Waals surface area contributed by atoms with Crippen LogP contribution in [0, 0.1) is 0 Å². The molecule has 0 atom stereocenters. The minimum atomic E-state index is -1.19. The lowest BCUT2D eigenvalue weighted by Gasteiger charge is -2.02. The smallest absolute Gasteiger partial charge is 0.339 e. The molecule has 0 heterocycles. The number of benzene rings is 1. The van der Waals surface area contributed by atoms with Crippen LogP contribution in [0.3, 0.4) is 0 Å². The summed E-state index contributed by atoms with van der Waals surface area (Å²) >= 11 is 0. The number of aromatic hydroxyl groups is 1. The minimum absolute atomic E-state index is 0. The van der Waals surface area contributed by atoms with Gasteiger partial charge < -0.3 is 15.6 Å². The quantitative estimate of drug-likeness (QED) is 0.325. The molecule has 5 nitrogen and oxygen atoms in total. The predicted molar refractivity (Wildman–Crippen MR) is 50.1 cm³/mol. The number of carboxylic acids is 1. The number of anilines is 1. The van der Waals surface area contributed by atoms with Crippen molar-refractivity contribution in [2.45, 2.75) is 0 Å². The topological polar surface area (TPSA) is 95.6 Å². The van der Waals surface area contributed by atoms with Crippen LogP contribution in [0.2, 0.25) is 0 Å². The second kappa shape index (κ2) is 4.54. The van der Waals surface area contributed by atoms with Crippen LogP contribution in [0.4, 0.5) is 5.69 Å². The van der Waals surface area contributed by atoms with Gasteiger partial charge in [0.25, 0.3) is 0 Å². The van der Waals surface area contributed by atoms with E-state index < -0.39 is 5.97 Å². The Kier molecular flexibility index (Phi) is 4.03. The van der Waals surface area contributed by atoms with Crippen LogP contribution in [-0.4, -0.2) is 16.2 Å². The average Bonchev–Trinajstić information content (AvgIpc) is 2.05. The van der Waals surface area contributed by atoms with E-state index in [0.717, 1.165) is 0 Å². The number of hydrazine groups is 1. The van der Waals surface area contributed by atoms with Gasteiger partial charge >= 0.3 is 5.97 Å². The molecule has 13 heavy (non-hydrogen) atoms. The Morgan fingerprint density at radius 1 is 1.46 bits per heavy atom. The maximum absolute atomic E-state index is 10.5. The standard InChI is InChI=1S/C7H8N2O3.ClH/c8-9-4-1-2-6(10)5(3-4)7(11)12;/h1-3,9-10H,8H2,(H,11,12);1H. The van der Waals surface area contributed by atoms with E-state index in [1.165, 1.54) is 18.2 Å². The molecule has 0 radical (unpaired) electrons. The molecule has 0 aliphatic carbocycles. The highest BCUT2D eigenvalue weighted by molar-refractivity contribution is 5.91. The molecule has 0 aliphatic heterocycles. The zero-order valence-electron chi connectivity index (χ0n) is 6.52. The van der Waals surface area contributed by atoms with Crippen molar-refractivity contribution in [1.82, 2.24) is 0 Å². The van der Waals surface area contributed by atoms with Gasteiger partial charge in [-0.15, -0.1) is 12.4 Å². The van der Waals surface area contributed by atoms with Crippen molar-refractivity contribution < 1.29 is 15.0 Å². The number of hydrogen-bond donors (Lipinski definition) is 4. The fraction of sp³-hybridized carbons (Fsp3) is 0. The molecular formula is C7H9ClN2O3. The van der Waals surface area contributed by atoms with Crippen LogP contribution in [0.25, 0.3) is 0 Å². The first-order valence-electron chi connectivity index (χ1n) is 3.18. The molecule has 0 saturated heterocycles. The summed E-state index contributed by atoms with van der Waals surface area (Å²) in [6.07, 6.45) is 0. The second-order valence-corrected chi connectivity index (χ2v) is 2.18. The summed E-state index contributed by atoms with van der Waals surface area (Å²) in [6, 6.07) is 3.98. The summed E-state index contributed by atoms with van der Waals surface area (Å²) in [5.41, 5.74) is 2.53. The van der Waals surface area contributed by atoms with E-state index >= 15 is 0 Å². The highest BCUT2D eigenvalue weighted by Crippen LogP contribution is 2.20. The van der Waals surface area contributed by atoms with E-state index in [4.69, 9.17) is 16.1 Å². The number of carbonyl (C=O) groups is 1. The molecule has 6 heteroatoms. The third kappa shape index (κ3) is 2.50. The zero-order valence-corrected chi connectivity index (χ0v) is 7.34. The Labute approximate surface area is 80.6 Å². The first kappa shape index (κ1) is 11.5. The Morgan fingerprint density at radius 2 is 2.08 bits per heavy atom. The maximum Gasteiger partial charge on any atom is 0.339 e. The molecule has 0 bridgehead atoms. The Balaban J connectivity index is 0.00000144. The van der Waals surface area contributed by atoms with E-state index in [2.05, 4.69) is 5.43 Å². The van der Waals surface area contributed by atoms with Crippen molar-refractivity contribution in [2.24, 2.45) is 5.84 Å². The molecule has 1 rings (SSSR count). The number of nitrogen functional groups attached to an aromatic ring is 1. The summed E-state index contributed by atoms with van der Waals surface area (Å²) in [6.45, 7) is 0. The Morgan fingerprint density at radius 3 is 2.54 bits per heavy atom. The molecule has 1 aromatic rings. The summed E-state index contributed by atoms with van der Waals surface area (Å²) in [5, 5.41) is 17.6. The lowest BCUT2D eigenvalue weighted by molar-refractivity contribution is 0.0694. The van der Waals surface area contributed by atoms with Gasteiger partial charge in [0.1, 0.15) is 11.3 Å². The summed E-state index contributed by atoms with van der Waals surface area (Å²) < 4.78 is 0. The first-order valence-corrected chi connectivity index (χ1v) is 3.18. The summed E-state index contributed by atoms with van der Waals surface area (Å²) in [5.74, 6) is 3.58. The molecule has 0 unspecified atom stereocenters. The van der Waals surface area contributed by atoms with Gasteiger partial charge in [-0.3, -0.25) is 5.84 Å². The molecule has 0 aromatic heterocycles. The van der Waals surface area contributed by atoms with Crippen LogP contribution < -0.4 is 11.3 Å². The summed E-state index contributed by atoms with van der Waals surface area (Å²) in [7, 11) is 0. The van der Waals surface area contributed by atoms with Crippen LogP contribution in [0.1, 0.15) is 10.4 Å². The van der Waals surface area contributed by atoms with Gasteiger partial charge in [-0.1, -0.05) is 0 Å². The molecule has 0 spiro atoms. The van der Waals surface area contributed by atoms with Crippen molar-refractivity contribution in [3.8, 4) is 5.75 Å². The lowest BCUT2D eigenvalue weighted by Crippen LogP contribution is -2.07. The van der Waals surface area contributed by atoms with Crippen LogP contribution in [-0.2, 0) is 0 Å². The van der Waals surface area contributed by atoms with Gasteiger partial charge in [-0.2, -0.15) is 0 Å². The monoisotopic (exact) mass is 204 g/mol. The lowest BCUT2D eigenvalue weighted by atomic mass is 10.2. The molecule has 0 saturated carbocycles. The molecule has 0 fully saturated rings. The van der Waals surface area contributed by atoms with Gasteiger partial charge in [0.2, 0.25) is 0 Å². The van der Waals surface area contributed by atoms with E-state index in [-0.39, 0.29) is 23.7 Å². The van der Waals surface area contributed by atoms with E-state index in [1.807, 2.05) is 0 Å². The van der Waals surface area contributed by atoms with Gasteiger partial charge in [-0.25, -0.2) is 4.79 Å². The third-order valence-corrected chi connectivity index (χ3v) is 1.39. The molecule has 1 aromatic carbocycles. The molecule has 5 N–H and O–H groups in total. The SMILES string of the molecule is Cl.NNc1ccc(O)c(C(=O)O)c1. The number of aromatic carboxylic acids is 1. The van der Waals surface area contributed by atoms with Crippen molar-refractivity contribution in [3.63, 3.8) is 0 Å². The average molecular weight is 205 g/mol. The number of hydrogen-bond acceptors (Lipinski definition) is 4. The van der Waals surface area contributed by atoms with Crippen molar-refractivity contribution in [2.75, 3.05) is 5.43 Å². The second-order valence-electron chi connectivity index (χ2n) is 2.18. The third-order valence-electron chi connectivity index (χ3n) is 1.39. The van der Waals surface area contributed by atoms with Crippen LogP contribution >= 0.6 is 12.4 Å². The van der Waals surface area contributed by atoms with Gasteiger partial charge in [0.05, 0.1) is 0 Å². The minimum Gasteiger partial charge on any atom is -0.507 e. The number of carboxylic acid groups (broad SMARTS) is 1. The fourth-order valence-electron chi connectivity index (χ4n) is 0.797.